The van der Waals surface area contributed by atoms with Crippen molar-refractivity contribution in [1.29, 1.82) is 0 Å². The van der Waals surface area contributed by atoms with Crippen LogP contribution in [0, 0.1) is 0 Å². The summed E-state index contributed by atoms with van der Waals surface area (Å²) in [5, 5.41) is 0. The van der Waals surface area contributed by atoms with E-state index in [-0.39, 0.29) is 0 Å². The van der Waals surface area contributed by atoms with Crippen LogP contribution in [0.4, 0.5) is 0 Å². The zero-order chi connectivity index (χ0) is 7.84. The van der Waals surface area contributed by atoms with Gasteiger partial charge in [-0.15, -0.1) is 0 Å². The zero-order valence-electron chi connectivity index (χ0n) is 7.58. The molecule has 2 atom stereocenters. The van der Waals surface area contributed by atoms with Gasteiger partial charge in [-0.2, -0.15) is 0 Å². The number of nitrogens with zero attached hydrogens (tertiary/aromatic N) is 2. The summed E-state index contributed by atoms with van der Waals surface area (Å²) < 4.78 is 0. The fourth-order valence-corrected chi connectivity index (χ4v) is 2.53. The Labute approximate surface area is 69.2 Å². The largest absolute Gasteiger partial charge is 0.303 e. The first-order chi connectivity index (χ1) is 5.27. The van der Waals surface area contributed by atoms with Crippen LogP contribution in [0.5, 0.6) is 0 Å². The van der Waals surface area contributed by atoms with Crippen molar-refractivity contribution in [3.8, 4) is 0 Å². The van der Waals surface area contributed by atoms with E-state index in [1.165, 1.54) is 32.4 Å². The second kappa shape index (κ2) is 2.76. The first-order valence-corrected chi connectivity index (χ1v) is 4.68. The van der Waals surface area contributed by atoms with Crippen molar-refractivity contribution in [2.45, 2.75) is 31.3 Å². The molecule has 2 saturated heterocycles. The monoisotopic (exact) mass is 154 g/mol. The summed E-state index contributed by atoms with van der Waals surface area (Å²) in [6.45, 7) is 2.57. The smallest absolute Gasteiger partial charge is 0.0223 e. The van der Waals surface area contributed by atoms with Crippen molar-refractivity contribution < 1.29 is 0 Å². The van der Waals surface area contributed by atoms with Gasteiger partial charge in [0.1, 0.15) is 0 Å². The predicted molar refractivity (Wildman–Crippen MR) is 46.7 cm³/mol. The molecule has 11 heavy (non-hydrogen) atoms. The van der Waals surface area contributed by atoms with Crippen LogP contribution in [0.2, 0.25) is 0 Å². The van der Waals surface area contributed by atoms with Gasteiger partial charge < -0.3 is 4.90 Å². The van der Waals surface area contributed by atoms with Gasteiger partial charge in [-0.25, -0.2) is 0 Å². The van der Waals surface area contributed by atoms with E-state index in [0.29, 0.717) is 0 Å². The van der Waals surface area contributed by atoms with Crippen molar-refractivity contribution in [2.75, 3.05) is 27.2 Å². The Morgan fingerprint density at radius 3 is 2.09 bits per heavy atom. The number of hydrogen-bond acceptors (Lipinski definition) is 2. The molecule has 2 nitrogen and oxygen atoms in total. The van der Waals surface area contributed by atoms with Crippen LogP contribution in [0.1, 0.15) is 19.3 Å². The fourth-order valence-electron chi connectivity index (χ4n) is 2.53. The van der Waals surface area contributed by atoms with E-state index in [4.69, 9.17) is 0 Å². The summed E-state index contributed by atoms with van der Waals surface area (Å²) in [6.07, 6.45) is 4.28. The standard InChI is InChI=1S/C9H18N2/c1-10-6-8-4-3-5-9(7-10)11(8)2/h8-9H,3-7H2,1-2H3. The number of piperazine rings is 1. The van der Waals surface area contributed by atoms with Crippen molar-refractivity contribution in [3.63, 3.8) is 0 Å². The molecule has 0 saturated carbocycles. The topological polar surface area (TPSA) is 6.48 Å². The van der Waals surface area contributed by atoms with Gasteiger partial charge in [0.05, 0.1) is 0 Å². The molecule has 2 unspecified atom stereocenters. The molecule has 0 N–H and O–H groups in total. The first-order valence-electron chi connectivity index (χ1n) is 4.68. The summed E-state index contributed by atoms with van der Waals surface area (Å²) in [5.41, 5.74) is 0. The second-order valence-electron chi connectivity index (χ2n) is 4.13. The van der Waals surface area contributed by atoms with Crippen LogP contribution < -0.4 is 0 Å². The van der Waals surface area contributed by atoms with Gasteiger partial charge in [0, 0.05) is 25.2 Å². The molecule has 2 heteroatoms. The molecule has 0 amide bonds. The minimum atomic E-state index is 0.854. The van der Waals surface area contributed by atoms with Crippen molar-refractivity contribution >= 4 is 0 Å². The van der Waals surface area contributed by atoms with Crippen molar-refractivity contribution in [2.24, 2.45) is 0 Å². The van der Waals surface area contributed by atoms with Crippen LogP contribution in [-0.2, 0) is 0 Å². The maximum atomic E-state index is 2.59. The van der Waals surface area contributed by atoms with Crippen LogP contribution in [0.25, 0.3) is 0 Å². The Morgan fingerprint density at radius 1 is 1.00 bits per heavy atom. The molecule has 2 rings (SSSR count). The normalized spacial score (nSPS) is 40.9. The molecule has 0 aliphatic carbocycles. The Balaban J connectivity index is 2.07. The van der Waals surface area contributed by atoms with Gasteiger partial charge >= 0.3 is 0 Å². The minimum absolute atomic E-state index is 0.854. The molecule has 2 aliphatic heterocycles. The Hall–Kier alpha value is -0.0800. The highest BCUT2D eigenvalue weighted by molar-refractivity contribution is 4.89. The molecule has 0 aromatic carbocycles. The molecular weight excluding hydrogens is 136 g/mol. The lowest BCUT2D eigenvalue weighted by Crippen LogP contribution is -2.58. The number of hydrogen-bond donors (Lipinski definition) is 0. The molecule has 0 aromatic rings. The first kappa shape index (κ1) is 7.56. The lowest BCUT2D eigenvalue weighted by atomic mass is 9.92. The van der Waals surface area contributed by atoms with Gasteiger partial charge in [0.2, 0.25) is 0 Å². The van der Waals surface area contributed by atoms with E-state index in [1.54, 1.807) is 0 Å². The molecule has 0 spiro atoms. The molecule has 2 bridgehead atoms. The second-order valence-corrected chi connectivity index (χ2v) is 4.13. The summed E-state index contributed by atoms with van der Waals surface area (Å²) in [6, 6.07) is 1.71. The van der Waals surface area contributed by atoms with Crippen LogP contribution >= 0.6 is 0 Å². The molecule has 2 heterocycles. The number of rotatable bonds is 0. The predicted octanol–water partition coefficient (Wildman–Crippen LogP) is 0.785. The zero-order valence-corrected chi connectivity index (χ0v) is 7.58. The minimum Gasteiger partial charge on any atom is -0.303 e. The van der Waals surface area contributed by atoms with E-state index in [1.807, 2.05) is 0 Å². The van der Waals surface area contributed by atoms with Gasteiger partial charge in [-0.05, 0) is 26.9 Å². The Bertz CT molecular complexity index is 132. The average Bonchev–Trinajstić information content (AvgIpc) is 1.92. The maximum Gasteiger partial charge on any atom is 0.0223 e. The molecule has 64 valence electrons. The Kier molecular flexibility index (Phi) is 1.90. The SMILES string of the molecule is CN1CC2CCCC(C1)N2C. The number of likely N-dealkylation sites (tertiary alicyclic amines) is 1. The highest BCUT2D eigenvalue weighted by atomic mass is 15.3. The maximum absolute atomic E-state index is 2.59. The molecule has 2 fully saturated rings. The Morgan fingerprint density at radius 2 is 1.55 bits per heavy atom. The average molecular weight is 154 g/mol. The molecule has 2 aliphatic rings. The number of fused-ring (bicyclic) bond motifs is 2. The number of likely N-dealkylation sites (N-methyl/N-ethyl adjacent to an activating group) is 2. The van der Waals surface area contributed by atoms with E-state index in [2.05, 4.69) is 23.9 Å². The third kappa shape index (κ3) is 1.30. The molecule has 0 radical (unpaired) electrons. The van der Waals surface area contributed by atoms with Gasteiger partial charge in [-0.1, -0.05) is 6.42 Å². The lowest BCUT2D eigenvalue weighted by Gasteiger charge is -2.47. The van der Waals surface area contributed by atoms with Gasteiger partial charge in [0.15, 0.2) is 0 Å². The summed E-state index contributed by atoms with van der Waals surface area (Å²) in [4.78, 5) is 5.07. The number of piperidine rings is 1. The summed E-state index contributed by atoms with van der Waals surface area (Å²) >= 11 is 0. The lowest BCUT2D eigenvalue weighted by molar-refractivity contribution is 0.0217. The quantitative estimate of drug-likeness (QED) is 0.509. The third-order valence-electron chi connectivity index (χ3n) is 3.27. The van der Waals surface area contributed by atoms with Crippen molar-refractivity contribution in [3.05, 3.63) is 0 Å². The van der Waals surface area contributed by atoms with Crippen LogP contribution in [0.3, 0.4) is 0 Å². The van der Waals surface area contributed by atoms with Gasteiger partial charge in [-0.3, -0.25) is 4.90 Å². The van der Waals surface area contributed by atoms with E-state index in [0.717, 1.165) is 12.1 Å². The highest BCUT2D eigenvalue weighted by Gasteiger charge is 2.32. The summed E-state index contributed by atoms with van der Waals surface area (Å²) in [7, 11) is 4.54. The molecule has 0 aromatic heterocycles. The van der Waals surface area contributed by atoms with Crippen molar-refractivity contribution in [1.82, 2.24) is 9.80 Å². The van der Waals surface area contributed by atoms with Gasteiger partial charge in [0.25, 0.3) is 0 Å². The summed E-state index contributed by atoms with van der Waals surface area (Å²) in [5.74, 6) is 0. The van der Waals surface area contributed by atoms with Crippen LogP contribution in [-0.4, -0.2) is 49.1 Å². The van der Waals surface area contributed by atoms with E-state index < -0.39 is 0 Å². The fraction of sp³-hybridized carbons (Fsp3) is 1.00. The van der Waals surface area contributed by atoms with E-state index in [9.17, 15) is 0 Å². The molecular formula is C9H18N2. The van der Waals surface area contributed by atoms with E-state index >= 15 is 0 Å². The van der Waals surface area contributed by atoms with Crippen LogP contribution in [0.15, 0.2) is 0 Å². The highest BCUT2D eigenvalue weighted by Crippen LogP contribution is 2.25. The third-order valence-corrected chi connectivity index (χ3v) is 3.27.